The summed E-state index contributed by atoms with van der Waals surface area (Å²) in [6, 6.07) is 0. The van der Waals surface area contributed by atoms with Crippen LogP contribution in [0.3, 0.4) is 0 Å². The molecule has 0 amide bonds. The Morgan fingerprint density at radius 3 is 2.55 bits per heavy atom. The molecule has 0 radical (unpaired) electrons. The number of esters is 1. The van der Waals surface area contributed by atoms with Gasteiger partial charge in [-0.15, -0.1) is 0 Å². The van der Waals surface area contributed by atoms with Crippen LogP contribution < -0.4 is 0 Å². The van der Waals surface area contributed by atoms with Crippen molar-refractivity contribution in [2.45, 2.75) is 39.0 Å². The molecule has 0 saturated heterocycles. The molecule has 1 saturated carbocycles. The van der Waals surface area contributed by atoms with Gasteiger partial charge in [0.15, 0.2) is 0 Å². The van der Waals surface area contributed by atoms with Gasteiger partial charge in [0.2, 0.25) is 0 Å². The maximum Gasteiger partial charge on any atom is 0.307 e. The Morgan fingerprint density at radius 2 is 2.00 bits per heavy atom. The molecule has 0 N–H and O–H groups in total. The Hall–Kier alpha value is -0.790. The number of carbonyl (C=O) groups is 1. The van der Waals surface area contributed by atoms with Crippen molar-refractivity contribution in [3.05, 3.63) is 11.8 Å². The van der Waals surface area contributed by atoms with Crippen molar-refractivity contribution >= 4 is 5.97 Å². The van der Waals surface area contributed by atoms with E-state index in [0.717, 1.165) is 12.8 Å². The van der Waals surface area contributed by atoms with E-state index in [9.17, 15) is 4.79 Å². The van der Waals surface area contributed by atoms with Gasteiger partial charge < -0.3 is 4.74 Å². The smallest absolute Gasteiger partial charge is 0.307 e. The highest BCUT2D eigenvalue weighted by atomic mass is 16.5. The zero-order valence-corrected chi connectivity index (χ0v) is 6.93. The third-order valence-electron chi connectivity index (χ3n) is 1.89. The zero-order valence-electron chi connectivity index (χ0n) is 6.93. The van der Waals surface area contributed by atoms with Crippen LogP contribution in [-0.2, 0) is 9.53 Å². The Labute approximate surface area is 67.2 Å². The topological polar surface area (TPSA) is 26.3 Å². The first-order valence-corrected chi connectivity index (χ1v) is 4.14. The number of ether oxygens (including phenoxy) is 1. The summed E-state index contributed by atoms with van der Waals surface area (Å²) in [6.07, 6.45) is 7.64. The van der Waals surface area contributed by atoms with Crippen LogP contribution in [-0.4, -0.2) is 5.97 Å². The fraction of sp³-hybridized carbons (Fsp3) is 0.667. The number of allylic oxidation sites excluding steroid dienone is 1. The second kappa shape index (κ2) is 4.16. The largest absolute Gasteiger partial charge is 0.435 e. The third-order valence-corrected chi connectivity index (χ3v) is 1.89. The highest BCUT2D eigenvalue weighted by molar-refractivity contribution is 5.66. The van der Waals surface area contributed by atoms with Crippen molar-refractivity contribution < 1.29 is 9.53 Å². The number of rotatable bonds is 1. The van der Waals surface area contributed by atoms with Gasteiger partial charge in [-0.2, -0.15) is 0 Å². The fourth-order valence-electron chi connectivity index (χ4n) is 1.29. The lowest BCUT2D eigenvalue weighted by molar-refractivity contribution is -0.135. The minimum Gasteiger partial charge on any atom is -0.435 e. The van der Waals surface area contributed by atoms with Crippen molar-refractivity contribution in [1.29, 1.82) is 0 Å². The fourth-order valence-corrected chi connectivity index (χ4v) is 1.29. The lowest BCUT2D eigenvalue weighted by Gasteiger charge is -2.12. The van der Waals surface area contributed by atoms with E-state index in [1.54, 1.807) is 6.26 Å². The number of carbonyl (C=O) groups excluding carboxylic acids is 1. The van der Waals surface area contributed by atoms with Crippen molar-refractivity contribution in [2.75, 3.05) is 0 Å². The Balaban J connectivity index is 2.32. The van der Waals surface area contributed by atoms with Crippen LogP contribution in [0.25, 0.3) is 0 Å². The van der Waals surface area contributed by atoms with Gasteiger partial charge in [0, 0.05) is 6.92 Å². The number of hydrogen-bond donors (Lipinski definition) is 0. The van der Waals surface area contributed by atoms with E-state index in [-0.39, 0.29) is 5.97 Å². The highest BCUT2D eigenvalue weighted by Gasteiger charge is 2.05. The van der Waals surface area contributed by atoms with Gasteiger partial charge in [0.1, 0.15) is 0 Å². The predicted octanol–water partition coefficient (Wildman–Crippen LogP) is 2.40. The maximum atomic E-state index is 10.4. The molecule has 1 fully saturated rings. The quantitative estimate of drug-likeness (QED) is 0.428. The van der Waals surface area contributed by atoms with Gasteiger partial charge in [0.05, 0.1) is 6.26 Å². The van der Waals surface area contributed by atoms with Gasteiger partial charge in [-0.05, 0) is 31.3 Å². The molecule has 0 aromatic rings. The van der Waals surface area contributed by atoms with Crippen molar-refractivity contribution in [3.63, 3.8) is 0 Å². The van der Waals surface area contributed by atoms with Gasteiger partial charge in [-0.3, -0.25) is 4.79 Å². The van der Waals surface area contributed by atoms with Crippen LogP contribution in [0.2, 0.25) is 0 Å². The highest BCUT2D eigenvalue weighted by Crippen LogP contribution is 2.22. The van der Waals surface area contributed by atoms with Crippen molar-refractivity contribution in [3.8, 4) is 0 Å². The molecule has 1 aliphatic rings. The van der Waals surface area contributed by atoms with Crippen LogP contribution in [0.4, 0.5) is 0 Å². The molecule has 0 unspecified atom stereocenters. The van der Waals surface area contributed by atoms with Crippen LogP contribution in [0, 0.1) is 0 Å². The van der Waals surface area contributed by atoms with Crippen LogP contribution >= 0.6 is 0 Å². The lowest BCUT2D eigenvalue weighted by atomic mass is 9.96. The Bertz CT molecular complexity index is 162. The molecule has 0 spiro atoms. The van der Waals surface area contributed by atoms with Crippen LogP contribution in [0.15, 0.2) is 11.8 Å². The second-order valence-corrected chi connectivity index (χ2v) is 2.95. The Morgan fingerprint density at radius 1 is 1.36 bits per heavy atom. The molecule has 0 aliphatic heterocycles. The second-order valence-electron chi connectivity index (χ2n) is 2.95. The summed E-state index contributed by atoms with van der Waals surface area (Å²) in [7, 11) is 0. The van der Waals surface area contributed by atoms with Gasteiger partial charge in [-0.25, -0.2) is 0 Å². The number of hydrogen-bond acceptors (Lipinski definition) is 2. The third kappa shape index (κ3) is 3.21. The molecule has 11 heavy (non-hydrogen) atoms. The average Bonchev–Trinajstić information content (AvgIpc) is 2.03. The molecule has 0 aromatic carbocycles. The predicted molar refractivity (Wildman–Crippen MR) is 42.9 cm³/mol. The van der Waals surface area contributed by atoms with E-state index >= 15 is 0 Å². The van der Waals surface area contributed by atoms with E-state index in [4.69, 9.17) is 4.74 Å². The molecule has 1 aliphatic carbocycles. The molecule has 0 atom stereocenters. The van der Waals surface area contributed by atoms with E-state index in [1.165, 1.54) is 31.8 Å². The molecule has 0 aromatic heterocycles. The molecular weight excluding hydrogens is 140 g/mol. The van der Waals surface area contributed by atoms with E-state index < -0.39 is 0 Å². The summed E-state index contributed by atoms with van der Waals surface area (Å²) in [5.41, 5.74) is 1.28. The lowest BCUT2D eigenvalue weighted by Crippen LogP contribution is -1.97. The van der Waals surface area contributed by atoms with E-state index in [0.29, 0.717) is 0 Å². The first-order chi connectivity index (χ1) is 5.29. The minimum absolute atomic E-state index is 0.219. The molecule has 0 heterocycles. The van der Waals surface area contributed by atoms with Gasteiger partial charge >= 0.3 is 5.97 Å². The standard InChI is InChI=1S/C9H14O2/c1-8(10)11-7-9-5-3-2-4-6-9/h7H,2-6H2,1H3. The molecule has 0 bridgehead atoms. The molecule has 2 nitrogen and oxygen atoms in total. The van der Waals surface area contributed by atoms with E-state index in [2.05, 4.69) is 0 Å². The molecule has 1 rings (SSSR count). The van der Waals surface area contributed by atoms with Crippen LogP contribution in [0.1, 0.15) is 39.0 Å². The Kier molecular flexibility index (Phi) is 3.14. The monoisotopic (exact) mass is 154 g/mol. The summed E-state index contributed by atoms with van der Waals surface area (Å²) in [6.45, 7) is 1.43. The summed E-state index contributed by atoms with van der Waals surface area (Å²) in [5.74, 6) is -0.219. The minimum atomic E-state index is -0.219. The summed E-state index contributed by atoms with van der Waals surface area (Å²) in [4.78, 5) is 10.4. The van der Waals surface area contributed by atoms with Crippen molar-refractivity contribution in [2.24, 2.45) is 0 Å². The first kappa shape index (κ1) is 8.31. The molecular formula is C9H14O2. The van der Waals surface area contributed by atoms with Gasteiger partial charge in [-0.1, -0.05) is 6.42 Å². The van der Waals surface area contributed by atoms with Gasteiger partial charge in [0.25, 0.3) is 0 Å². The van der Waals surface area contributed by atoms with Crippen molar-refractivity contribution in [1.82, 2.24) is 0 Å². The molecule has 62 valence electrons. The summed E-state index contributed by atoms with van der Waals surface area (Å²) in [5, 5.41) is 0. The van der Waals surface area contributed by atoms with E-state index in [1.807, 2.05) is 0 Å². The first-order valence-electron chi connectivity index (χ1n) is 4.14. The average molecular weight is 154 g/mol. The SMILES string of the molecule is CC(=O)OC=C1CCCCC1. The van der Waals surface area contributed by atoms with Crippen LogP contribution in [0.5, 0.6) is 0 Å². The summed E-state index contributed by atoms with van der Waals surface area (Å²) >= 11 is 0. The summed E-state index contributed by atoms with van der Waals surface area (Å²) < 4.78 is 4.78. The normalized spacial score (nSPS) is 17.7. The zero-order chi connectivity index (χ0) is 8.10. The maximum absolute atomic E-state index is 10.4. The molecule has 2 heteroatoms.